The third-order valence-electron chi connectivity index (χ3n) is 5.81. The maximum absolute atomic E-state index is 12.6. The zero-order chi connectivity index (χ0) is 21.0. The number of H-pyrrole nitrogens is 2. The van der Waals surface area contributed by atoms with Gasteiger partial charge >= 0.3 is 5.69 Å². The molecule has 0 unspecified atom stereocenters. The van der Waals surface area contributed by atoms with E-state index in [4.69, 9.17) is 4.98 Å². The first-order valence-corrected chi connectivity index (χ1v) is 10.3. The summed E-state index contributed by atoms with van der Waals surface area (Å²) in [6.45, 7) is 7.51. The van der Waals surface area contributed by atoms with E-state index in [-0.39, 0.29) is 22.8 Å². The van der Waals surface area contributed by atoms with Gasteiger partial charge in [0.2, 0.25) is 5.95 Å². The van der Waals surface area contributed by atoms with Crippen LogP contribution in [-0.4, -0.2) is 42.4 Å². The normalized spacial score (nSPS) is 16.0. The summed E-state index contributed by atoms with van der Waals surface area (Å²) in [6.07, 6.45) is 3.16. The maximum Gasteiger partial charge on any atom is 0.326 e. The van der Waals surface area contributed by atoms with Gasteiger partial charge in [0.25, 0.3) is 5.56 Å². The Morgan fingerprint density at radius 2 is 1.80 bits per heavy atom. The number of piperidine rings is 1. The van der Waals surface area contributed by atoms with E-state index in [2.05, 4.69) is 20.0 Å². The molecule has 0 bridgehead atoms. The van der Waals surface area contributed by atoms with Crippen LogP contribution in [0.4, 0.5) is 5.95 Å². The van der Waals surface area contributed by atoms with Crippen molar-refractivity contribution in [3.05, 3.63) is 51.3 Å². The van der Waals surface area contributed by atoms with E-state index in [9.17, 15) is 9.59 Å². The molecule has 1 aliphatic rings. The number of benzene rings is 1. The van der Waals surface area contributed by atoms with E-state index in [1.165, 1.54) is 0 Å². The van der Waals surface area contributed by atoms with Gasteiger partial charge in [-0.25, -0.2) is 9.48 Å². The third-order valence-corrected chi connectivity index (χ3v) is 5.81. The molecule has 5 rings (SSSR count). The fourth-order valence-electron chi connectivity index (χ4n) is 4.32. The number of imidazole rings is 1. The number of anilines is 1. The Morgan fingerprint density at radius 3 is 2.53 bits per heavy atom. The number of nitrogens with zero attached hydrogens (tertiary/aromatic N) is 5. The van der Waals surface area contributed by atoms with Crippen LogP contribution in [-0.2, 0) is 5.54 Å². The van der Waals surface area contributed by atoms with Crippen molar-refractivity contribution in [3.8, 4) is 0 Å². The van der Waals surface area contributed by atoms with Crippen LogP contribution < -0.4 is 16.1 Å². The molecule has 1 fully saturated rings. The van der Waals surface area contributed by atoms with Crippen LogP contribution in [0.5, 0.6) is 0 Å². The maximum atomic E-state index is 12.6. The molecule has 0 radical (unpaired) electrons. The van der Waals surface area contributed by atoms with Crippen LogP contribution in [0.2, 0.25) is 0 Å². The molecule has 0 amide bonds. The molecule has 0 spiro atoms. The summed E-state index contributed by atoms with van der Waals surface area (Å²) in [5.41, 5.74) is 1.86. The van der Waals surface area contributed by atoms with Crippen LogP contribution >= 0.6 is 0 Å². The second-order valence-corrected chi connectivity index (χ2v) is 8.89. The van der Waals surface area contributed by atoms with Crippen LogP contribution in [0.3, 0.4) is 0 Å². The van der Waals surface area contributed by atoms with Gasteiger partial charge in [0.1, 0.15) is 5.39 Å². The van der Waals surface area contributed by atoms with Gasteiger partial charge in [0.15, 0.2) is 5.65 Å². The van der Waals surface area contributed by atoms with Crippen LogP contribution in [0.15, 0.2) is 40.1 Å². The highest BCUT2D eigenvalue weighted by Gasteiger charge is 2.26. The molecular weight excluding hydrogens is 382 g/mol. The molecular formula is C21H25N7O2. The average Bonchev–Trinajstić information content (AvgIpc) is 3.28. The number of hydrogen-bond donors (Lipinski definition) is 2. The second-order valence-electron chi connectivity index (χ2n) is 8.89. The molecule has 4 heterocycles. The number of aromatic amines is 2. The summed E-state index contributed by atoms with van der Waals surface area (Å²) < 4.78 is 3.65. The monoisotopic (exact) mass is 407 g/mol. The highest BCUT2D eigenvalue weighted by Crippen LogP contribution is 2.27. The van der Waals surface area contributed by atoms with Crippen LogP contribution in [0.1, 0.15) is 39.7 Å². The van der Waals surface area contributed by atoms with Gasteiger partial charge < -0.3 is 9.88 Å². The molecule has 9 nitrogen and oxygen atoms in total. The van der Waals surface area contributed by atoms with Gasteiger partial charge in [-0.05, 0) is 45.7 Å². The molecule has 1 aliphatic heterocycles. The average molecular weight is 407 g/mol. The minimum Gasteiger partial charge on any atom is -0.342 e. The van der Waals surface area contributed by atoms with E-state index in [0.717, 1.165) is 23.9 Å². The van der Waals surface area contributed by atoms with Gasteiger partial charge in [-0.1, -0.05) is 12.1 Å². The number of aromatic nitrogens is 6. The highest BCUT2D eigenvalue weighted by molar-refractivity contribution is 5.75. The van der Waals surface area contributed by atoms with E-state index >= 15 is 0 Å². The summed E-state index contributed by atoms with van der Waals surface area (Å²) in [4.78, 5) is 37.8. The molecule has 156 valence electrons. The van der Waals surface area contributed by atoms with E-state index in [0.29, 0.717) is 30.1 Å². The van der Waals surface area contributed by atoms with Gasteiger partial charge in [-0.3, -0.25) is 14.3 Å². The molecule has 1 saturated heterocycles. The minimum absolute atomic E-state index is 0.0725. The molecule has 3 aromatic heterocycles. The van der Waals surface area contributed by atoms with Crippen molar-refractivity contribution in [3.63, 3.8) is 0 Å². The number of para-hydroxylation sites is 2. The summed E-state index contributed by atoms with van der Waals surface area (Å²) in [7, 11) is 0. The van der Waals surface area contributed by atoms with Crippen molar-refractivity contribution in [1.82, 2.24) is 29.3 Å². The molecule has 9 heteroatoms. The predicted octanol–water partition coefficient (Wildman–Crippen LogP) is 2.36. The first-order valence-electron chi connectivity index (χ1n) is 10.3. The molecule has 0 atom stereocenters. The standard InChI is InChI=1S/C21H25N7O2/c1-21(2,3)28-17-14(12-22-28)18(29)25-19(24-17)26-10-8-13(9-11-26)27-16-7-5-4-6-15(16)23-20(27)30/h4-7,12-13H,8-11H2,1-3H3,(H,23,30)(H,24,25,29). The van der Waals surface area contributed by atoms with Crippen molar-refractivity contribution < 1.29 is 0 Å². The lowest BCUT2D eigenvalue weighted by Gasteiger charge is -2.33. The Labute approximate surface area is 172 Å². The molecule has 1 aromatic carbocycles. The molecule has 0 saturated carbocycles. The first-order chi connectivity index (χ1) is 14.3. The Bertz CT molecular complexity index is 1340. The highest BCUT2D eigenvalue weighted by atomic mass is 16.1. The van der Waals surface area contributed by atoms with Crippen LogP contribution in [0.25, 0.3) is 22.1 Å². The smallest absolute Gasteiger partial charge is 0.326 e. The Kier molecular flexibility index (Phi) is 4.09. The Morgan fingerprint density at radius 1 is 1.07 bits per heavy atom. The lowest BCUT2D eigenvalue weighted by atomic mass is 10.0. The summed E-state index contributed by atoms with van der Waals surface area (Å²) in [5, 5.41) is 4.87. The summed E-state index contributed by atoms with van der Waals surface area (Å²) >= 11 is 0. The Hall–Kier alpha value is -3.36. The lowest BCUT2D eigenvalue weighted by Crippen LogP contribution is -2.38. The third kappa shape index (κ3) is 2.92. The second kappa shape index (κ2) is 6.58. The fourth-order valence-corrected chi connectivity index (χ4v) is 4.32. The van der Waals surface area contributed by atoms with Crippen molar-refractivity contribution in [2.24, 2.45) is 0 Å². The van der Waals surface area contributed by atoms with Gasteiger partial charge in [-0.2, -0.15) is 10.1 Å². The zero-order valence-electron chi connectivity index (χ0n) is 17.3. The Balaban J connectivity index is 1.44. The first kappa shape index (κ1) is 18.7. The SMILES string of the molecule is CC(C)(C)n1ncc2c(=O)[nH]c(N3CCC(n4c(=O)[nH]c5ccccc54)CC3)nc21. The lowest BCUT2D eigenvalue weighted by molar-refractivity contribution is 0.365. The molecule has 4 aromatic rings. The molecule has 2 N–H and O–H groups in total. The number of fused-ring (bicyclic) bond motifs is 2. The minimum atomic E-state index is -0.274. The van der Waals surface area contributed by atoms with E-state index < -0.39 is 0 Å². The van der Waals surface area contributed by atoms with Gasteiger partial charge in [0.05, 0.1) is 22.8 Å². The van der Waals surface area contributed by atoms with Crippen LogP contribution in [0, 0.1) is 0 Å². The number of hydrogen-bond acceptors (Lipinski definition) is 5. The number of rotatable bonds is 2. The van der Waals surface area contributed by atoms with E-state index in [1.54, 1.807) is 10.9 Å². The topological polar surface area (TPSA) is 105 Å². The van der Waals surface area contributed by atoms with Crippen molar-refractivity contribution >= 4 is 28.0 Å². The summed E-state index contributed by atoms with van der Waals surface area (Å²) in [5.74, 6) is 0.559. The quantitative estimate of drug-likeness (QED) is 0.531. The predicted molar refractivity (Wildman–Crippen MR) is 116 cm³/mol. The molecule has 0 aliphatic carbocycles. The largest absolute Gasteiger partial charge is 0.342 e. The van der Waals surface area contributed by atoms with E-state index in [1.807, 2.05) is 49.6 Å². The van der Waals surface area contributed by atoms with Crippen molar-refractivity contribution in [2.45, 2.75) is 45.2 Å². The zero-order valence-corrected chi connectivity index (χ0v) is 17.3. The van der Waals surface area contributed by atoms with Crippen molar-refractivity contribution in [1.29, 1.82) is 0 Å². The van der Waals surface area contributed by atoms with Gasteiger partial charge in [0, 0.05) is 19.1 Å². The number of nitrogens with one attached hydrogen (secondary N) is 2. The van der Waals surface area contributed by atoms with Gasteiger partial charge in [-0.15, -0.1) is 0 Å². The fraction of sp³-hybridized carbons (Fsp3) is 0.429. The van der Waals surface area contributed by atoms with Crippen molar-refractivity contribution in [2.75, 3.05) is 18.0 Å². The summed E-state index contributed by atoms with van der Waals surface area (Å²) in [6, 6.07) is 7.88. The molecule has 30 heavy (non-hydrogen) atoms.